The maximum atomic E-state index is 12.2. The molecule has 0 bridgehead atoms. The molecule has 2 aromatic carbocycles. The van der Waals surface area contributed by atoms with Crippen molar-refractivity contribution >= 4 is 59.7 Å². The Morgan fingerprint density at radius 2 is 1.77 bits per heavy atom. The molecule has 0 aromatic heterocycles. The maximum Gasteiger partial charge on any atom is 0.349 e. The highest BCUT2D eigenvalue weighted by Gasteiger charge is 2.18. The molecule has 5 nitrogen and oxygen atoms in total. The van der Waals surface area contributed by atoms with Gasteiger partial charge in [-0.05, 0) is 65.7 Å². The number of aryl methyl sites for hydroxylation is 1. The maximum absolute atomic E-state index is 12.2. The number of hydrogen-bond acceptors (Lipinski definition) is 5. The van der Waals surface area contributed by atoms with Crippen molar-refractivity contribution in [1.82, 2.24) is 0 Å². The first-order valence-corrected chi connectivity index (χ1v) is 9.95. The molecule has 2 aromatic rings. The van der Waals surface area contributed by atoms with Crippen molar-refractivity contribution in [2.75, 3.05) is 13.2 Å². The highest BCUT2D eigenvalue weighted by molar-refractivity contribution is 9.11. The zero-order valence-electron chi connectivity index (χ0n) is 14.0. The van der Waals surface area contributed by atoms with E-state index >= 15 is 0 Å². The van der Waals surface area contributed by atoms with Crippen molar-refractivity contribution in [1.29, 1.82) is 0 Å². The Balaban J connectivity index is 2.10. The highest BCUT2D eigenvalue weighted by atomic mass is 79.9. The van der Waals surface area contributed by atoms with Gasteiger partial charge in [0.05, 0.1) is 11.1 Å². The molecule has 0 saturated heterocycles. The zero-order chi connectivity index (χ0) is 19.3. The minimum absolute atomic E-state index is 0.117. The van der Waals surface area contributed by atoms with Crippen molar-refractivity contribution < 1.29 is 23.8 Å². The third-order valence-electron chi connectivity index (χ3n) is 3.19. The van der Waals surface area contributed by atoms with E-state index in [2.05, 4.69) is 47.8 Å². The number of esters is 2. The van der Waals surface area contributed by atoms with Gasteiger partial charge in [0.1, 0.15) is 17.1 Å². The fourth-order valence-electron chi connectivity index (χ4n) is 2.11. The molecule has 0 amide bonds. The average Bonchev–Trinajstić information content (AvgIpc) is 2.55. The molecule has 26 heavy (non-hydrogen) atoms. The summed E-state index contributed by atoms with van der Waals surface area (Å²) in [4.78, 5) is 24.2. The van der Waals surface area contributed by atoms with Crippen molar-refractivity contribution in [3.8, 4) is 11.5 Å². The van der Waals surface area contributed by atoms with Gasteiger partial charge in [-0.2, -0.15) is 0 Å². The van der Waals surface area contributed by atoms with Crippen LogP contribution < -0.4 is 9.47 Å². The zero-order valence-corrected chi connectivity index (χ0v) is 18.7. The van der Waals surface area contributed by atoms with Gasteiger partial charge in [0.15, 0.2) is 6.61 Å². The topological polar surface area (TPSA) is 61.8 Å². The number of halogens is 3. The number of benzene rings is 2. The third-order valence-corrected chi connectivity index (χ3v) is 4.73. The van der Waals surface area contributed by atoms with E-state index in [-0.39, 0.29) is 24.5 Å². The van der Waals surface area contributed by atoms with Gasteiger partial charge in [0.25, 0.3) is 0 Å². The minimum atomic E-state index is -0.632. The molecule has 8 heteroatoms. The van der Waals surface area contributed by atoms with E-state index in [1.165, 1.54) is 12.1 Å². The van der Waals surface area contributed by atoms with Crippen LogP contribution in [0.25, 0.3) is 0 Å². The second kappa shape index (κ2) is 9.53. The Bertz CT molecular complexity index is 813. The van der Waals surface area contributed by atoms with Crippen LogP contribution in [0, 0.1) is 6.92 Å². The van der Waals surface area contributed by atoms with Gasteiger partial charge in [0.2, 0.25) is 0 Å². The summed E-state index contributed by atoms with van der Waals surface area (Å²) in [5.41, 5.74) is 1.02. The average molecular weight is 551 g/mol. The lowest BCUT2D eigenvalue weighted by atomic mass is 10.2. The summed E-state index contributed by atoms with van der Waals surface area (Å²) >= 11 is 10.1. The predicted molar refractivity (Wildman–Crippen MR) is 108 cm³/mol. The Hall–Kier alpha value is -1.38. The summed E-state index contributed by atoms with van der Waals surface area (Å²) < 4.78 is 18.1. The molecule has 138 valence electrons. The number of carbonyl (C=O) groups excluding carboxylic acids is 2. The molecule has 0 unspecified atom stereocenters. The van der Waals surface area contributed by atoms with E-state index < -0.39 is 11.9 Å². The molecule has 0 N–H and O–H groups in total. The van der Waals surface area contributed by atoms with Crippen LogP contribution in [0.1, 0.15) is 22.8 Å². The Morgan fingerprint density at radius 3 is 2.42 bits per heavy atom. The smallest absolute Gasteiger partial charge is 0.349 e. The fourth-order valence-corrected chi connectivity index (χ4v) is 4.03. The summed E-state index contributed by atoms with van der Waals surface area (Å²) in [7, 11) is 0. The van der Waals surface area contributed by atoms with Gasteiger partial charge in [0, 0.05) is 8.95 Å². The molecule has 0 spiro atoms. The molecular formula is C18H15Br3O5. The summed E-state index contributed by atoms with van der Waals surface area (Å²) in [6, 6.07) is 8.42. The normalized spacial score (nSPS) is 10.3. The summed E-state index contributed by atoms with van der Waals surface area (Å²) in [6.45, 7) is 3.48. The molecule has 0 atom stereocenters. The van der Waals surface area contributed by atoms with Crippen LogP contribution in [0.5, 0.6) is 11.5 Å². The first kappa shape index (κ1) is 20.9. The second-order valence-electron chi connectivity index (χ2n) is 5.16. The molecule has 0 saturated carbocycles. The Kier molecular flexibility index (Phi) is 7.67. The van der Waals surface area contributed by atoms with Crippen molar-refractivity contribution in [3.63, 3.8) is 0 Å². The van der Waals surface area contributed by atoms with Crippen LogP contribution >= 0.6 is 47.8 Å². The molecular weight excluding hydrogens is 536 g/mol. The number of hydrogen-bond donors (Lipinski definition) is 0. The number of carbonyl (C=O) groups is 2. The van der Waals surface area contributed by atoms with E-state index in [0.717, 1.165) is 10.0 Å². The molecule has 0 aliphatic carbocycles. The van der Waals surface area contributed by atoms with E-state index in [4.69, 9.17) is 14.2 Å². The molecule has 0 heterocycles. The van der Waals surface area contributed by atoms with Crippen molar-refractivity contribution in [2.45, 2.75) is 13.8 Å². The molecule has 0 radical (unpaired) electrons. The quantitative estimate of drug-likeness (QED) is 0.354. The van der Waals surface area contributed by atoms with Gasteiger partial charge in [-0.25, -0.2) is 9.59 Å². The van der Waals surface area contributed by atoms with Crippen LogP contribution in [0.4, 0.5) is 0 Å². The van der Waals surface area contributed by atoms with E-state index in [1.54, 1.807) is 13.0 Å². The number of rotatable bonds is 6. The van der Waals surface area contributed by atoms with Crippen LogP contribution in [-0.2, 0) is 9.53 Å². The van der Waals surface area contributed by atoms with Crippen molar-refractivity contribution in [2.24, 2.45) is 0 Å². The number of ether oxygens (including phenoxy) is 3. The first-order valence-electron chi connectivity index (χ1n) is 7.57. The molecule has 0 fully saturated rings. The van der Waals surface area contributed by atoms with Gasteiger partial charge in [-0.1, -0.05) is 31.9 Å². The standard InChI is InChI=1S/C18H15Br3O5/c1-3-24-18(23)13-7-11(19)4-5-15(13)26-16(22)9-25-17-10(2)6-12(20)8-14(17)21/h4-8H,3,9H2,1-2H3. The Labute approximate surface area is 176 Å². The Morgan fingerprint density at radius 1 is 1.04 bits per heavy atom. The minimum Gasteiger partial charge on any atom is -0.480 e. The molecule has 0 aliphatic heterocycles. The predicted octanol–water partition coefficient (Wildman–Crippen LogP) is 5.44. The molecule has 0 aliphatic rings. The van der Waals surface area contributed by atoms with Gasteiger partial charge in [-0.3, -0.25) is 0 Å². The van der Waals surface area contributed by atoms with E-state index in [9.17, 15) is 9.59 Å². The van der Waals surface area contributed by atoms with Crippen LogP contribution in [0.15, 0.2) is 43.7 Å². The first-order chi connectivity index (χ1) is 12.3. The molecule has 2 rings (SSSR count). The highest BCUT2D eigenvalue weighted by Crippen LogP contribution is 2.32. The van der Waals surface area contributed by atoms with Crippen molar-refractivity contribution in [3.05, 3.63) is 54.9 Å². The van der Waals surface area contributed by atoms with Crippen LogP contribution in [0.2, 0.25) is 0 Å². The van der Waals surface area contributed by atoms with Gasteiger partial charge >= 0.3 is 11.9 Å². The monoisotopic (exact) mass is 548 g/mol. The lowest BCUT2D eigenvalue weighted by Gasteiger charge is -2.13. The van der Waals surface area contributed by atoms with Gasteiger partial charge < -0.3 is 14.2 Å². The largest absolute Gasteiger partial charge is 0.480 e. The summed E-state index contributed by atoms with van der Waals surface area (Å²) in [5, 5.41) is 0. The summed E-state index contributed by atoms with van der Waals surface area (Å²) in [6.07, 6.45) is 0. The third kappa shape index (κ3) is 5.56. The fraction of sp³-hybridized carbons (Fsp3) is 0.222. The van der Waals surface area contributed by atoms with E-state index in [1.807, 2.05) is 19.1 Å². The van der Waals surface area contributed by atoms with Gasteiger partial charge in [-0.15, -0.1) is 0 Å². The second-order valence-corrected chi connectivity index (χ2v) is 7.84. The van der Waals surface area contributed by atoms with Crippen LogP contribution in [0.3, 0.4) is 0 Å². The SMILES string of the molecule is CCOC(=O)c1cc(Br)ccc1OC(=O)COc1c(C)cc(Br)cc1Br. The van der Waals surface area contributed by atoms with E-state index in [0.29, 0.717) is 14.7 Å². The lowest BCUT2D eigenvalue weighted by molar-refractivity contribution is -0.136. The summed E-state index contributed by atoms with van der Waals surface area (Å²) in [5.74, 6) is -0.533. The van der Waals surface area contributed by atoms with Crippen LogP contribution in [-0.4, -0.2) is 25.2 Å². The lowest BCUT2D eigenvalue weighted by Crippen LogP contribution is -2.20.